The minimum Gasteiger partial charge on any atom is -0.208 e. The first-order valence-electron chi connectivity index (χ1n) is 13.7. The molecule has 5 heteroatoms. The average molecular weight is 576 g/mol. The number of benzene rings is 6. The molecular weight excluding hydrogens is 554 g/mol. The van der Waals surface area contributed by atoms with Gasteiger partial charge in [0.2, 0.25) is 0 Å². The summed E-state index contributed by atoms with van der Waals surface area (Å²) >= 11 is 8.18. The lowest BCUT2D eigenvalue weighted by molar-refractivity contribution is 1.07. The Morgan fingerprint density at radius 2 is 1.00 bits per heavy atom. The van der Waals surface area contributed by atoms with Crippen LogP contribution in [-0.2, 0) is 0 Å². The summed E-state index contributed by atoms with van der Waals surface area (Å²) in [7, 11) is 0. The smallest absolute Gasteiger partial charge is 0.164 e. The van der Waals surface area contributed by atoms with Gasteiger partial charge in [0, 0.05) is 41.9 Å². The number of rotatable bonds is 4. The van der Waals surface area contributed by atoms with Crippen molar-refractivity contribution in [3.8, 4) is 45.3 Å². The molecule has 0 unspecified atom stereocenters. The molecule has 0 saturated heterocycles. The van der Waals surface area contributed by atoms with Gasteiger partial charge in [0.05, 0.1) is 0 Å². The number of halogens is 1. The van der Waals surface area contributed by atoms with Crippen molar-refractivity contribution in [3.63, 3.8) is 0 Å². The molecule has 0 aliphatic heterocycles. The van der Waals surface area contributed by atoms with Crippen LogP contribution < -0.4 is 0 Å². The molecule has 0 aliphatic carbocycles. The van der Waals surface area contributed by atoms with Crippen molar-refractivity contribution >= 4 is 53.9 Å². The standard InChI is InChI=1S/C37H22ClN3S/c38-27-15-9-14-26(21-27)37-40-35(23-10-2-1-3-11-23)39-36(41-37)25-13-8-12-24(20-25)31-22-33-34(29-17-5-4-16-28(29)31)30-18-6-7-19-32(30)42-33/h1-22H. The third kappa shape index (κ3) is 4.33. The zero-order valence-electron chi connectivity index (χ0n) is 22.3. The quantitative estimate of drug-likeness (QED) is 0.209. The highest BCUT2D eigenvalue weighted by Gasteiger charge is 2.16. The lowest BCUT2D eigenvalue weighted by atomic mass is 9.94. The van der Waals surface area contributed by atoms with E-state index in [9.17, 15) is 0 Å². The Balaban J connectivity index is 1.33. The van der Waals surface area contributed by atoms with E-state index in [1.807, 2.05) is 65.9 Å². The van der Waals surface area contributed by atoms with Gasteiger partial charge in [0.25, 0.3) is 0 Å². The van der Waals surface area contributed by atoms with Crippen molar-refractivity contribution < 1.29 is 0 Å². The summed E-state index contributed by atoms with van der Waals surface area (Å²) in [5.41, 5.74) is 5.02. The summed E-state index contributed by atoms with van der Waals surface area (Å²) in [4.78, 5) is 14.7. The van der Waals surface area contributed by atoms with Crippen LogP contribution in [0.5, 0.6) is 0 Å². The summed E-state index contributed by atoms with van der Waals surface area (Å²) in [5, 5.41) is 5.76. The lowest BCUT2D eigenvalue weighted by Gasteiger charge is -2.12. The van der Waals surface area contributed by atoms with Gasteiger partial charge >= 0.3 is 0 Å². The maximum atomic E-state index is 6.34. The first kappa shape index (κ1) is 24.9. The van der Waals surface area contributed by atoms with Crippen LogP contribution in [0, 0.1) is 0 Å². The maximum Gasteiger partial charge on any atom is 0.164 e. The van der Waals surface area contributed by atoms with E-state index in [2.05, 4.69) is 78.9 Å². The molecule has 42 heavy (non-hydrogen) atoms. The number of fused-ring (bicyclic) bond motifs is 5. The predicted octanol–water partition coefficient (Wildman–Crippen LogP) is 10.7. The highest BCUT2D eigenvalue weighted by molar-refractivity contribution is 7.26. The Morgan fingerprint density at radius 1 is 0.429 bits per heavy atom. The van der Waals surface area contributed by atoms with Gasteiger partial charge in [-0.25, -0.2) is 15.0 Å². The summed E-state index contributed by atoms with van der Waals surface area (Å²) in [6.07, 6.45) is 0. The van der Waals surface area contributed by atoms with E-state index in [1.165, 1.54) is 36.5 Å². The van der Waals surface area contributed by atoms with E-state index in [0.29, 0.717) is 22.5 Å². The van der Waals surface area contributed by atoms with Crippen LogP contribution in [0.2, 0.25) is 5.02 Å². The fourth-order valence-corrected chi connectivity index (χ4v) is 6.98. The molecule has 3 nitrogen and oxygen atoms in total. The summed E-state index contributed by atoms with van der Waals surface area (Å²) in [6.45, 7) is 0. The summed E-state index contributed by atoms with van der Waals surface area (Å²) in [5.74, 6) is 1.83. The van der Waals surface area contributed by atoms with Crippen molar-refractivity contribution in [1.29, 1.82) is 0 Å². The van der Waals surface area contributed by atoms with Crippen molar-refractivity contribution in [2.45, 2.75) is 0 Å². The molecule has 2 aromatic heterocycles. The second-order valence-electron chi connectivity index (χ2n) is 10.2. The predicted molar refractivity (Wildman–Crippen MR) is 177 cm³/mol. The lowest BCUT2D eigenvalue weighted by Crippen LogP contribution is -2.00. The van der Waals surface area contributed by atoms with Gasteiger partial charge in [0.15, 0.2) is 17.5 Å². The Labute approximate surface area is 251 Å². The molecule has 8 rings (SSSR count). The molecule has 0 fully saturated rings. The number of hydrogen-bond donors (Lipinski definition) is 0. The van der Waals surface area contributed by atoms with Crippen LogP contribution in [0.1, 0.15) is 0 Å². The molecule has 8 aromatic rings. The molecule has 0 saturated carbocycles. The highest BCUT2D eigenvalue weighted by Crippen LogP contribution is 2.43. The van der Waals surface area contributed by atoms with Crippen molar-refractivity contribution in [1.82, 2.24) is 15.0 Å². The summed E-state index contributed by atoms with van der Waals surface area (Å²) in [6, 6.07) is 45.8. The molecule has 0 radical (unpaired) electrons. The van der Waals surface area contributed by atoms with Gasteiger partial charge in [-0.1, -0.05) is 115 Å². The second-order valence-corrected chi connectivity index (χ2v) is 11.7. The van der Waals surface area contributed by atoms with Gasteiger partial charge in [-0.15, -0.1) is 11.3 Å². The van der Waals surface area contributed by atoms with Gasteiger partial charge in [-0.05, 0) is 52.2 Å². The van der Waals surface area contributed by atoms with E-state index < -0.39 is 0 Å². The van der Waals surface area contributed by atoms with Gasteiger partial charge < -0.3 is 0 Å². The Bertz CT molecular complexity index is 2270. The van der Waals surface area contributed by atoms with Gasteiger partial charge in [-0.3, -0.25) is 0 Å². The maximum absolute atomic E-state index is 6.34. The molecule has 0 amide bonds. The fraction of sp³-hybridized carbons (Fsp3) is 0. The minimum absolute atomic E-state index is 0.587. The Morgan fingerprint density at radius 3 is 1.76 bits per heavy atom. The number of aromatic nitrogens is 3. The Kier molecular flexibility index (Phi) is 6.03. The van der Waals surface area contributed by atoms with Crippen molar-refractivity contribution in [2.75, 3.05) is 0 Å². The Hall–Kier alpha value is -4.90. The molecule has 0 atom stereocenters. The third-order valence-electron chi connectivity index (χ3n) is 7.57. The zero-order valence-corrected chi connectivity index (χ0v) is 23.9. The van der Waals surface area contributed by atoms with E-state index in [0.717, 1.165) is 22.3 Å². The molecule has 0 spiro atoms. The number of hydrogen-bond acceptors (Lipinski definition) is 4. The monoisotopic (exact) mass is 575 g/mol. The fourth-order valence-electron chi connectivity index (χ4n) is 5.63. The first-order chi connectivity index (χ1) is 20.7. The normalized spacial score (nSPS) is 11.5. The number of thiophene rings is 1. The van der Waals surface area contributed by atoms with Crippen LogP contribution >= 0.6 is 22.9 Å². The van der Waals surface area contributed by atoms with Crippen LogP contribution in [0.25, 0.3) is 76.2 Å². The van der Waals surface area contributed by atoms with Crippen molar-refractivity contribution in [3.05, 3.63) is 138 Å². The van der Waals surface area contributed by atoms with E-state index in [4.69, 9.17) is 26.6 Å². The van der Waals surface area contributed by atoms with E-state index in [-0.39, 0.29) is 0 Å². The van der Waals surface area contributed by atoms with Crippen LogP contribution in [0.3, 0.4) is 0 Å². The molecule has 198 valence electrons. The SMILES string of the molecule is Clc1cccc(-c2nc(-c3ccccc3)nc(-c3cccc(-c4cc5sc6ccccc6c5c5ccccc45)c3)n2)c1. The first-order valence-corrected chi connectivity index (χ1v) is 14.9. The average Bonchev–Trinajstić information content (AvgIpc) is 3.43. The van der Waals surface area contributed by atoms with E-state index in [1.54, 1.807) is 0 Å². The second kappa shape index (κ2) is 10.2. The number of nitrogens with zero attached hydrogens (tertiary/aromatic N) is 3. The topological polar surface area (TPSA) is 38.7 Å². The van der Waals surface area contributed by atoms with E-state index >= 15 is 0 Å². The van der Waals surface area contributed by atoms with Gasteiger partial charge in [-0.2, -0.15) is 0 Å². The molecular formula is C37H22ClN3S. The third-order valence-corrected chi connectivity index (χ3v) is 8.92. The molecule has 2 heterocycles. The van der Waals surface area contributed by atoms with Gasteiger partial charge in [0.1, 0.15) is 0 Å². The molecule has 0 bridgehead atoms. The minimum atomic E-state index is 0.587. The largest absolute Gasteiger partial charge is 0.208 e. The highest BCUT2D eigenvalue weighted by atomic mass is 35.5. The van der Waals surface area contributed by atoms with Crippen LogP contribution in [-0.4, -0.2) is 15.0 Å². The molecule has 6 aromatic carbocycles. The summed E-state index contributed by atoms with van der Waals surface area (Å²) < 4.78 is 2.58. The molecule has 0 aliphatic rings. The van der Waals surface area contributed by atoms with Crippen LogP contribution in [0.4, 0.5) is 0 Å². The molecule has 0 N–H and O–H groups in total. The van der Waals surface area contributed by atoms with Crippen LogP contribution in [0.15, 0.2) is 133 Å². The zero-order chi connectivity index (χ0) is 28.0. The van der Waals surface area contributed by atoms with Crippen molar-refractivity contribution in [2.24, 2.45) is 0 Å².